The Balaban J connectivity index is 1.34. The number of halogens is 1. The molecule has 32 heavy (non-hydrogen) atoms. The second kappa shape index (κ2) is 9.46. The Labute approximate surface area is 186 Å². The predicted molar refractivity (Wildman–Crippen MR) is 119 cm³/mol. The van der Waals surface area contributed by atoms with Crippen molar-refractivity contribution in [3.8, 4) is 0 Å². The lowest BCUT2D eigenvalue weighted by Crippen LogP contribution is -2.48. The van der Waals surface area contributed by atoms with Crippen molar-refractivity contribution in [2.45, 2.75) is 11.4 Å². The van der Waals surface area contributed by atoms with Crippen molar-refractivity contribution in [3.05, 3.63) is 90.0 Å². The molecule has 1 fully saturated rings. The number of amides is 1. The molecule has 2 aromatic carbocycles. The number of nitrogens with one attached hydrogen (secondary N) is 1. The molecule has 2 heterocycles. The fraction of sp³-hybridized carbons (Fsp3) is 0.217. The molecule has 0 spiro atoms. The van der Waals surface area contributed by atoms with Crippen LogP contribution in [0.3, 0.4) is 0 Å². The van der Waals surface area contributed by atoms with Gasteiger partial charge in [-0.1, -0.05) is 6.07 Å². The summed E-state index contributed by atoms with van der Waals surface area (Å²) in [6.07, 6.45) is 3.60. The average Bonchev–Trinajstić information content (AvgIpc) is 2.80. The minimum absolute atomic E-state index is 0.0387. The second-order valence-corrected chi connectivity index (χ2v) is 9.25. The summed E-state index contributed by atoms with van der Waals surface area (Å²) in [6.45, 7) is 3.60. The van der Waals surface area contributed by atoms with E-state index in [0.29, 0.717) is 24.3 Å². The largest absolute Gasteiger partial charge is 0.336 e. The molecule has 1 amide bonds. The quantitative estimate of drug-likeness (QED) is 0.619. The standard InChI is InChI=1S/C23H23FN4O3S/c24-20-5-9-22(10-6-20)32(30,31)26-21-7-3-19(4-8-21)23(29)28-14-12-27(13-15-28)17-18-2-1-11-25-16-18/h1-11,16,26H,12-15,17H2. The molecule has 1 aromatic heterocycles. The molecule has 1 N–H and O–H groups in total. The topological polar surface area (TPSA) is 82.6 Å². The van der Waals surface area contributed by atoms with Crippen LogP contribution < -0.4 is 4.72 Å². The normalized spacial score (nSPS) is 14.8. The smallest absolute Gasteiger partial charge is 0.261 e. The molecule has 0 bridgehead atoms. The lowest BCUT2D eigenvalue weighted by Gasteiger charge is -2.34. The summed E-state index contributed by atoms with van der Waals surface area (Å²) in [6, 6.07) is 14.8. The lowest BCUT2D eigenvalue weighted by molar-refractivity contribution is 0.0628. The van der Waals surface area contributed by atoms with Crippen LogP contribution >= 0.6 is 0 Å². The van der Waals surface area contributed by atoms with Gasteiger partial charge in [0.25, 0.3) is 15.9 Å². The highest BCUT2D eigenvalue weighted by atomic mass is 32.2. The first-order chi connectivity index (χ1) is 15.4. The number of hydrogen-bond donors (Lipinski definition) is 1. The zero-order valence-electron chi connectivity index (χ0n) is 17.3. The average molecular weight is 455 g/mol. The van der Waals surface area contributed by atoms with E-state index in [9.17, 15) is 17.6 Å². The maximum absolute atomic E-state index is 13.0. The minimum Gasteiger partial charge on any atom is -0.336 e. The van der Waals surface area contributed by atoms with Gasteiger partial charge in [-0.25, -0.2) is 12.8 Å². The zero-order chi connectivity index (χ0) is 22.6. The third-order valence-electron chi connectivity index (χ3n) is 5.30. The summed E-state index contributed by atoms with van der Waals surface area (Å²) >= 11 is 0. The number of hydrogen-bond acceptors (Lipinski definition) is 5. The van der Waals surface area contributed by atoms with Crippen molar-refractivity contribution >= 4 is 21.6 Å². The Hall–Kier alpha value is -3.30. The first-order valence-corrected chi connectivity index (χ1v) is 11.7. The van der Waals surface area contributed by atoms with E-state index in [0.717, 1.165) is 37.3 Å². The maximum Gasteiger partial charge on any atom is 0.261 e. The third-order valence-corrected chi connectivity index (χ3v) is 6.69. The molecule has 1 saturated heterocycles. The number of anilines is 1. The van der Waals surface area contributed by atoms with Crippen molar-refractivity contribution < 1.29 is 17.6 Å². The number of benzene rings is 2. The predicted octanol–water partition coefficient (Wildman–Crippen LogP) is 2.98. The second-order valence-electron chi connectivity index (χ2n) is 7.57. The van der Waals surface area contributed by atoms with Gasteiger partial charge in [-0.05, 0) is 60.2 Å². The van der Waals surface area contributed by atoms with Crippen LogP contribution in [0, 0.1) is 5.82 Å². The number of carbonyl (C=O) groups excluding carboxylic acids is 1. The van der Waals surface area contributed by atoms with Gasteiger partial charge in [0.2, 0.25) is 0 Å². The van der Waals surface area contributed by atoms with E-state index >= 15 is 0 Å². The lowest BCUT2D eigenvalue weighted by atomic mass is 10.1. The molecule has 166 valence electrons. The highest BCUT2D eigenvalue weighted by molar-refractivity contribution is 7.92. The summed E-state index contributed by atoms with van der Waals surface area (Å²) in [7, 11) is -3.84. The Morgan fingerprint density at radius 2 is 1.66 bits per heavy atom. The number of piperazine rings is 1. The van der Waals surface area contributed by atoms with Gasteiger partial charge >= 0.3 is 0 Å². The summed E-state index contributed by atoms with van der Waals surface area (Å²) in [5.41, 5.74) is 1.97. The van der Waals surface area contributed by atoms with E-state index in [1.807, 2.05) is 18.3 Å². The van der Waals surface area contributed by atoms with Gasteiger partial charge in [-0.2, -0.15) is 0 Å². The zero-order valence-corrected chi connectivity index (χ0v) is 18.1. The number of carbonyl (C=O) groups is 1. The number of pyridine rings is 1. The van der Waals surface area contributed by atoms with Crippen LogP contribution in [0.15, 0.2) is 78.0 Å². The van der Waals surface area contributed by atoms with Crippen LogP contribution in [0.2, 0.25) is 0 Å². The van der Waals surface area contributed by atoms with Gasteiger partial charge in [0.1, 0.15) is 5.82 Å². The SMILES string of the molecule is O=C(c1ccc(NS(=O)(=O)c2ccc(F)cc2)cc1)N1CCN(Cc2cccnc2)CC1. The highest BCUT2D eigenvalue weighted by Crippen LogP contribution is 2.18. The summed E-state index contributed by atoms with van der Waals surface area (Å²) < 4.78 is 40.3. The summed E-state index contributed by atoms with van der Waals surface area (Å²) in [4.78, 5) is 21.0. The molecule has 1 aliphatic heterocycles. The molecular weight excluding hydrogens is 431 g/mol. The van der Waals surface area contributed by atoms with E-state index in [1.165, 1.54) is 12.1 Å². The van der Waals surface area contributed by atoms with Crippen LogP contribution in [0.25, 0.3) is 0 Å². The van der Waals surface area contributed by atoms with Crippen LogP contribution in [-0.2, 0) is 16.6 Å². The van der Waals surface area contributed by atoms with Crippen LogP contribution in [0.5, 0.6) is 0 Å². The van der Waals surface area contributed by atoms with Crippen molar-refractivity contribution in [3.63, 3.8) is 0 Å². The number of aromatic nitrogens is 1. The monoisotopic (exact) mass is 454 g/mol. The first kappa shape index (κ1) is 21.9. The Bertz CT molecular complexity index is 1160. The van der Waals surface area contributed by atoms with Gasteiger partial charge < -0.3 is 4.90 Å². The Morgan fingerprint density at radius 1 is 0.969 bits per heavy atom. The molecular formula is C23H23FN4O3S. The highest BCUT2D eigenvalue weighted by Gasteiger charge is 2.22. The van der Waals surface area contributed by atoms with Gasteiger partial charge in [0.15, 0.2) is 0 Å². The number of sulfonamides is 1. The summed E-state index contributed by atoms with van der Waals surface area (Å²) in [5.74, 6) is -0.594. The molecule has 0 unspecified atom stereocenters. The van der Waals surface area contributed by atoms with Gasteiger partial charge in [0, 0.05) is 56.4 Å². The number of rotatable bonds is 6. The van der Waals surface area contributed by atoms with Crippen molar-refractivity contribution in [1.82, 2.24) is 14.8 Å². The minimum atomic E-state index is -3.84. The first-order valence-electron chi connectivity index (χ1n) is 10.2. The maximum atomic E-state index is 13.0. The molecule has 9 heteroatoms. The molecule has 7 nitrogen and oxygen atoms in total. The van der Waals surface area contributed by atoms with Gasteiger partial charge in [-0.3, -0.25) is 19.4 Å². The van der Waals surface area contributed by atoms with Crippen molar-refractivity contribution in [2.75, 3.05) is 30.9 Å². The van der Waals surface area contributed by atoms with Crippen LogP contribution in [-0.4, -0.2) is 55.3 Å². The Kier molecular flexibility index (Phi) is 6.48. The number of nitrogens with zero attached hydrogens (tertiary/aromatic N) is 3. The van der Waals surface area contributed by atoms with Crippen LogP contribution in [0.1, 0.15) is 15.9 Å². The molecule has 0 atom stereocenters. The molecule has 4 rings (SSSR count). The van der Waals surface area contributed by atoms with Gasteiger partial charge in [-0.15, -0.1) is 0 Å². The molecule has 1 aliphatic rings. The molecule has 0 radical (unpaired) electrons. The molecule has 3 aromatic rings. The third kappa shape index (κ3) is 5.30. The van der Waals surface area contributed by atoms with E-state index in [4.69, 9.17) is 0 Å². The molecule has 0 saturated carbocycles. The fourth-order valence-corrected chi connectivity index (χ4v) is 4.61. The fourth-order valence-electron chi connectivity index (χ4n) is 3.55. The van der Waals surface area contributed by atoms with Gasteiger partial charge in [0.05, 0.1) is 4.90 Å². The van der Waals surface area contributed by atoms with E-state index < -0.39 is 15.8 Å². The molecule has 0 aliphatic carbocycles. The van der Waals surface area contributed by atoms with E-state index in [1.54, 1.807) is 35.4 Å². The van der Waals surface area contributed by atoms with E-state index in [-0.39, 0.29) is 10.8 Å². The van der Waals surface area contributed by atoms with Crippen LogP contribution in [0.4, 0.5) is 10.1 Å². The summed E-state index contributed by atoms with van der Waals surface area (Å²) in [5, 5.41) is 0. The van der Waals surface area contributed by atoms with Crippen molar-refractivity contribution in [1.29, 1.82) is 0 Å². The van der Waals surface area contributed by atoms with Crippen molar-refractivity contribution in [2.24, 2.45) is 0 Å². The van der Waals surface area contributed by atoms with E-state index in [2.05, 4.69) is 14.6 Å². The Morgan fingerprint density at radius 3 is 2.28 bits per heavy atom.